The predicted molar refractivity (Wildman–Crippen MR) is 61.6 cm³/mol. The highest BCUT2D eigenvalue weighted by Gasteiger charge is 2.18. The first-order valence-electron chi connectivity index (χ1n) is 5.89. The summed E-state index contributed by atoms with van der Waals surface area (Å²) in [5.41, 5.74) is 5.02. The molecule has 3 N–H and O–H groups in total. The molecule has 0 heterocycles. The number of aliphatic carboxylic acids is 1. The number of hydrogen-bond acceptors (Lipinski definition) is 3. The molecule has 86 valence electrons. The Hall–Kier alpha value is -1.55. The summed E-state index contributed by atoms with van der Waals surface area (Å²) in [6.07, 6.45) is -0.639. The molecule has 0 aliphatic rings. The number of benzene rings is 1. The number of carbonyl (C=O) groups excluding carboxylic acids is 1. The minimum atomic E-state index is -2.02. The summed E-state index contributed by atoms with van der Waals surface area (Å²) in [5, 5.41) is 8.73. The van der Waals surface area contributed by atoms with Crippen LogP contribution in [-0.2, 0) is 4.79 Å². The van der Waals surface area contributed by atoms with Crippen molar-refractivity contribution in [2.45, 2.75) is 13.3 Å². The predicted octanol–water partition coefficient (Wildman–Crippen LogP) is 2.22. The van der Waals surface area contributed by atoms with Crippen molar-refractivity contribution in [2.24, 2.45) is 5.89 Å². The number of carboxylic acids is 1. The lowest BCUT2D eigenvalue weighted by atomic mass is 9.99. The van der Waals surface area contributed by atoms with E-state index in [1.165, 1.54) is 0 Å². The third kappa shape index (κ3) is 2.97. The Bertz CT molecular complexity index is 561. The summed E-state index contributed by atoms with van der Waals surface area (Å²) in [6.45, 7) is 1.07. The van der Waals surface area contributed by atoms with Gasteiger partial charge in [-0.3, -0.25) is 9.59 Å². The minimum Gasteiger partial charge on any atom is -0.481 e. The summed E-state index contributed by atoms with van der Waals surface area (Å²) in [5.74, 6) is -4.24. The number of halogens is 1. The summed E-state index contributed by atoms with van der Waals surface area (Å²) in [6, 6.07) is 0.517. The van der Waals surface area contributed by atoms with Gasteiger partial charge in [-0.25, -0.2) is 0 Å². The van der Waals surface area contributed by atoms with Gasteiger partial charge in [0.05, 0.1) is 8.64 Å². The molecule has 0 saturated carbocycles. The van der Waals surface area contributed by atoms with E-state index in [1.807, 2.05) is 0 Å². The first-order valence-corrected chi connectivity index (χ1v) is 4.77. The van der Waals surface area contributed by atoms with Crippen LogP contribution in [0.2, 0.25) is 5.02 Å². The molecule has 1 aromatic rings. The molecule has 0 bridgehead atoms. The monoisotopic (exact) mass is 244 g/mol. The lowest BCUT2D eigenvalue weighted by Gasteiger charge is -2.07. The molecule has 1 atom stereocenters. The summed E-state index contributed by atoms with van der Waals surface area (Å²) in [4.78, 5) is 22.8. The van der Waals surface area contributed by atoms with Gasteiger partial charge < -0.3 is 10.8 Å². The van der Waals surface area contributed by atoms with Crippen LogP contribution in [0, 0.1) is 5.89 Å². The van der Waals surface area contributed by atoms with Gasteiger partial charge in [0, 0.05) is 24.1 Å². The smallest absolute Gasteiger partial charge is 0.306 e. The van der Waals surface area contributed by atoms with E-state index in [0.29, 0.717) is 0 Å². The number of hydrogen-bond donors (Lipinski definition) is 2. The van der Waals surface area contributed by atoms with Crippen LogP contribution in [0.15, 0.2) is 18.2 Å². The maximum Gasteiger partial charge on any atom is 0.306 e. The van der Waals surface area contributed by atoms with Crippen molar-refractivity contribution in [2.75, 3.05) is 5.73 Å². The van der Waals surface area contributed by atoms with Crippen LogP contribution >= 0.6 is 11.6 Å². The number of Topliss-reactive ketones (excluding diaryl/α,β-unsaturated/α-hetero) is 1. The lowest BCUT2D eigenvalue weighted by molar-refractivity contribution is -0.141. The fraction of sp³-hybridized carbons (Fsp3) is 0.273. The molecule has 0 aliphatic heterocycles. The SMILES string of the molecule is [2H]c1cc(Cl)c([2H])c(N)c1C(=O)CC([2H])(C)C(=O)O. The molecule has 0 aromatic heterocycles. The van der Waals surface area contributed by atoms with Crippen LogP contribution in [0.3, 0.4) is 0 Å². The molecule has 0 amide bonds. The van der Waals surface area contributed by atoms with E-state index in [0.717, 1.165) is 13.0 Å². The van der Waals surface area contributed by atoms with Crippen LogP contribution in [0.25, 0.3) is 0 Å². The van der Waals surface area contributed by atoms with Gasteiger partial charge >= 0.3 is 5.97 Å². The second kappa shape index (κ2) is 4.99. The van der Waals surface area contributed by atoms with Crippen molar-refractivity contribution in [3.05, 3.63) is 28.7 Å². The Kier molecular flexibility index (Phi) is 2.67. The van der Waals surface area contributed by atoms with E-state index < -0.39 is 24.1 Å². The zero-order valence-electron chi connectivity index (χ0n) is 11.5. The second-order valence-electron chi connectivity index (χ2n) is 3.24. The highest BCUT2D eigenvalue weighted by Crippen LogP contribution is 2.20. The first kappa shape index (κ1) is 8.58. The maximum absolute atomic E-state index is 12.0. The Balaban J connectivity index is 3.22. The molecule has 0 saturated heterocycles. The lowest BCUT2D eigenvalue weighted by Crippen LogP contribution is -2.15. The van der Waals surface area contributed by atoms with E-state index in [1.54, 1.807) is 0 Å². The Labute approximate surface area is 102 Å². The normalized spacial score (nSPS) is 16.8. The van der Waals surface area contributed by atoms with E-state index in [2.05, 4.69) is 0 Å². The number of ketones is 1. The molecular weight excluding hydrogens is 230 g/mol. The Morgan fingerprint density at radius 1 is 1.75 bits per heavy atom. The largest absolute Gasteiger partial charge is 0.481 e. The van der Waals surface area contributed by atoms with Crippen LogP contribution in [0.4, 0.5) is 5.69 Å². The molecular formula is C11H12ClNO3. The van der Waals surface area contributed by atoms with Crippen LogP contribution in [-0.4, -0.2) is 16.9 Å². The standard InChI is InChI=1S/C11H12ClNO3/c1-6(11(15)16)4-10(14)8-3-2-7(12)5-9(8)13/h2-3,5-6H,4,13H2,1H3,(H,15,16)/i3D,5D,6D. The number of nitrogens with two attached hydrogens (primary N) is 1. The Morgan fingerprint density at radius 2 is 2.38 bits per heavy atom. The third-order valence-electron chi connectivity index (χ3n) is 1.94. The highest BCUT2D eigenvalue weighted by atomic mass is 35.5. The molecule has 16 heavy (non-hydrogen) atoms. The number of carboxylic acid groups (broad SMARTS) is 1. The molecule has 1 rings (SSSR count). The molecule has 1 aromatic carbocycles. The maximum atomic E-state index is 12.0. The topological polar surface area (TPSA) is 80.4 Å². The minimum absolute atomic E-state index is 0.0640. The molecule has 1 unspecified atom stereocenters. The molecule has 4 nitrogen and oxygen atoms in total. The zero-order valence-corrected chi connectivity index (χ0v) is 9.26. The van der Waals surface area contributed by atoms with Gasteiger partial charge in [-0.2, -0.15) is 0 Å². The van der Waals surface area contributed by atoms with Gasteiger partial charge in [-0.1, -0.05) is 18.5 Å². The fourth-order valence-corrected chi connectivity index (χ4v) is 1.23. The van der Waals surface area contributed by atoms with Crippen LogP contribution in [0.1, 0.15) is 27.8 Å². The first-order chi connectivity index (χ1) is 8.58. The van der Waals surface area contributed by atoms with Crippen molar-refractivity contribution >= 4 is 29.0 Å². The van der Waals surface area contributed by atoms with Gasteiger partial charge in [0.15, 0.2) is 5.78 Å². The third-order valence-corrected chi connectivity index (χ3v) is 2.14. The van der Waals surface area contributed by atoms with Crippen molar-refractivity contribution in [3.63, 3.8) is 0 Å². The van der Waals surface area contributed by atoms with Gasteiger partial charge in [-0.15, -0.1) is 0 Å². The van der Waals surface area contributed by atoms with E-state index >= 15 is 0 Å². The Morgan fingerprint density at radius 3 is 2.94 bits per heavy atom. The molecule has 5 heteroatoms. The number of rotatable bonds is 4. The molecule has 0 fully saturated rings. The summed E-state index contributed by atoms with van der Waals surface area (Å²) < 4.78 is 22.7. The summed E-state index contributed by atoms with van der Waals surface area (Å²) in [7, 11) is 0. The quantitative estimate of drug-likeness (QED) is 0.629. The zero-order chi connectivity index (χ0) is 15.0. The number of carbonyl (C=O) groups is 2. The molecule has 0 spiro atoms. The molecule has 0 radical (unpaired) electrons. The molecule has 0 aliphatic carbocycles. The van der Waals surface area contributed by atoms with E-state index in [4.69, 9.17) is 26.6 Å². The number of nitrogen functional groups attached to an aromatic ring is 1. The average Bonchev–Trinajstić information content (AvgIpc) is 2.25. The van der Waals surface area contributed by atoms with Crippen molar-refractivity contribution in [1.82, 2.24) is 0 Å². The van der Waals surface area contributed by atoms with Crippen LogP contribution < -0.4 is 5.73 Å². The highest BCUT2D eigenvalue weighted by molar-refractivity contribution is 6.31. The summed E-state index contributed by atoms with van der Waals surface area (Å²) >= 11 is 5.65. The fourth-order valence-electron chi connectivity index (χ4n) is 1.08. The van der Waals surface area contributed by atoms with Crippen LogP contribution in [0.5, 0.6) is 0 Å². The van der Waals surface area contributed by atoms with Crippen molar-refractivity contribution < 1.29 is 18.8 Å². The van der Waals surface area contributed by atoms with Gasteiger partial charge in [0.1, 0.15) is 0 Å². The van der Waals surface area contributed by atoms with Gasteiger partial charge in [0.2, 0.25) is 0 Å². The van der Waals surface area contributed by atoms with Gasteiger partial charge in [-0.05, 0) is 18.2 Å². The number of anilines is 1. The van der Waals surface area contributed by atoms with Crippen molar-refractivity contribution in [3.8, 4) is 0 Å². The average molecular weight is 245 g/mol. The second-order valence-corrected chi connectivity index (χ2v) is 3.64. The van der Waals surface area contributed by atoms with E-state index in [9.17, 15) is 9.59 Å². The van der Waals surface area contributed by atoms with Crippen molar-refractivity contribution in [1.29, 1.82) is 0 Å². The van der Waals surface area contributed by atoms with E-state index in [-0.39, 0.29) is 28.4 Å². The van der Waals surface area contributed by atoms with Gasteiger partial charge in [0.25, 0.3) is 0 Å².